The highest BCUT2D eigenvalue weighted by molar-refractivity contribution is 8.30. The first-order valence-electron chi connectivity index (χ1n) is 9.85. The Labute approximate surface area is 174 Å². The molecule has 0 aromatic heterocycles. The van der Waals surface area contributed by atoms with Crippen LogP contribution in [0.4, 0.5) is 0 Å². The lowest BCUT2D eigenvalue weighted by molar-refractivity contribution is 1.76. The first-order chi connectivity index (χ1) is 10.9. The van der Waals surface area contributed by atoms with Gasteiger partial charge in [0, 0.05) is 49.8 Å². The fourth-order valence-electron chi connectivity index (χ4n) is 8.33. The van der Waals surface area contributed by atoms with Gasteiger partial charge in [-0.1, -0.05) is 78.6 Å². The van der Waals surface area contributed by atoms with Crippen molar-refractivity contribution in [2.45, 2.75) is 78.6 Å². The van der Waals surface area contributed by atoms with Crippen LogP contribution >= 0.6 is 23.5 Å². The summed E-state index contributed by atoms with van der Waals surface area (Å²) in [5, 5.41) is 3.29. The quantitative estimate of drug-likeness (QED) is 0.408. The standard InChI is InChI=1S/C16H46S2Si7/c1-17-15-24(19(3,4)5)21(9,10)22(11,12)25(16-18-2,20(6,7)8)23(24,13)14/h15-16H2,1-14H3/t24-,25+. The van der Waals surface area contributed by atoms with Crippen molar-refractivity contribution in [2.75, 3.05) is 23.3 Å². The zero-order valence-corrected chi connectivity index (χ0v) is 28.4. The largest absolute Gasteiger partial charge is 0.169 e. The Kier molecular flexibility index (Phi) is 7.24. The molecule has 1 saturated heterocycles. The van der Waals surface area contributed by atoms with E-state index in [-0.39, 0.29) is 0 Å². The Balaban J connectivity index is 4.12. The highest BCUT2D eigenvalue weighted by Gasteiger charge is 2.85. The van der Waals surface area contributed by atoms with Crippen molar-refractivity contribution < 1.29 is 0 Å². The normalized spacial score (nSPS) is 34.3. The van der Waals surface area contributed by atoms with Gasteiger partial charge in [0.2, 0.25) is 0 Å². The molecule has 0 N–H and O–H groups in total. The molecular weight excluding hydrogens is 453 g/mol. The molecule has 0 nitrogen and oxygen atoms in total. The van der Waals surface area contributed by atoms with Gasteiger partial charge >= 0.3 is 0 Å². The third-order valence-electron chi connectivity index (χ3n) is 9.11. The summed E-state index contributed by atoms with van der Waals surface area (Å²) in [6, 6.07) is 0. The molecule has 0 amide bonds. The van der Waals surface area contributed by atoms with Gasteiger partial charge in [-0.05, 0) is 23.3 Å². The minimum absolute atomic E-state index is 1.13. The minimum atomic E-state index is -1.20. The van der Waals surface area contributed by atoms with Crippen LogP contribution in [0, 0.1) is 0 Å². The second kappa shape index (κ2) is 7.17. The van der Waals surface area contributed by atoms with E-state index in [4.69, 9.17) is 0 Å². The predicted molar refractivity (Wildman–Crippen MR) is 147 cm³/mol. The molecule has 25 heavy (non-hydrogen) atoms. The fourth-order valence-corrected chi connectivity index (χ4v) is 409. The lowest BCUT2D eigenvalue weighted by Gasteiger charge is -2.59. The van der Waals surface area contributed by atoms with Crippen LogP contribution in [0.2, 0.25) is 78.6 Å². The van der Waals surface area contributed by atoms with Gasteiger partial charge < -0.3 is 0 Å². The van der Waals surface area contributed by atoms with Crippen molar-refractivity contribution in [3.05, 3.63) is 0 Å². The lowest BCUT2D eigenvalue weighted by Crippen LogP contribution is -2.88. The summed E-state index contributed by atoms with van der Waals surface area (Å²) in [4.78, 5) is 0. The second-order valence-corrected chi connectivity index (χ2v) is 98.3. The number of thioether (sulfide) groups is 2. The van der Waals surface area contributed by atoms with E-state index in [1.54, 1.807) is 10.8 Å². The van der Waals surface area contributed by atoms with Crippen molar-refractivity contribution in [1.29, 1.82) is 0 Å². The number of hydrogen-bond donors (Lipinski definition) is 0. The molecule has 1 rings (SSSR count). The Bertz CT molecular complexity index is 464. The Morgan fingerprint density at radius 3 is 0.920 bits per heavy atom. The van der Waals surface area contributed by atoms with Crippen molar-refractivity contribution in [2.24, 2.45) is 0 Å². The van der Waals surface area contributed by atoms with E-state index in [0.717, 1.165) is 0 Å². The van der Waals surface area contributed by atoms with E-state index in [1.165, 1.54) is 0 Å². The molecular formula is C16H46S2Si7. The molecule has 0 aliphatic carbocycles. The maximum absolute atomic E-state index is 3.02. The SMILES string of the molecule is CSC[Si@]1([Si](C)(C)C)[Si](C)(C)[Si](C)(C)[Si@@](CSC)([Si](C)(C)C)[Si]1(C)C. The van der Waals surface area contributed by atoms with E-state index >= 15 is 0 Å². The van der Waals surface area contributed by atoms with Crippen LogP contribution in [0.3, 0.4) is 0 Å². The summed E-state index contributed by atoms with van der Waals surface area (Å²) < 4.78 is 0. The van der Waals surface area contributed by atoms with Crippen LogP contribution in [0.1, 0.15) is 0 Å². The van der Waals surface area contributed by atoms with Crippen LogP contribution in [0.25, 0.3) is 0 Å². The third kappa shape index (κ3) is 2.87. The average molecular weight is 499 g/mol. The van der Waals surface area contributed by atoms with Gasteiger partial charge in [0.05, 0.1) is 0 Å². The van der Waals surface area contributed by atoms with Gasteiger partial charge in [-0.15, -0.1) is 0 Å². The Hall–Kier alpha value is 2.22. The van der Waals surface area contributed by atoms with E-state index < -0.39 is 49.8 Å². The summed E-state index contributed by atoms with van der Waals surface area (Å²) in [6.45, 7) is 32.6. The predicted octanol–water partition coefficient (Wildman–Crippen LogP) is 6.05. The Morgan fingerprint density at radius 2 is 0.760 bits per heavy atom. The smallest absolute Gasteiger partial charge is 0.0435 e. The first-order valence-corrected chi connectivity index (χ1v) is 40.1. The maximum atomic E-state index is 3.02. The van der Waals surface area contributed by atoms with Crippen LogP contribution in [0.5, 0.6) is 0 Å². The van der Waals surface area contributed by atoms with Crippen LogP contribution in [-0.4, -0.2) is 73.0 Å². The summed E-state index contributed by atoms with van der Waals surface area (Å²) >= 11 is 4.56. The van der Waals surface area contributed by atoms with Crippen LogP contribution < -0.4 is 0 Å². The van der Waals surface area contributed by atoms with Gasteiger partial charge in [0.1, 0.15) is 0 Å². The molecule has 1 fully saturated rings. The fraction of sp³-hybridized carbons (Fsp3) is 1.00. The van der Waals surface area contributed by atoms with E-state index in [1.807, 2.05) is 0 Å². The van der Waals surface area contributed by atoms with Gasteiger partial charge in [0.15, 0.2) is 0 Å². The molecule has 2 atom stereocenters. The van der Waals surface area contributed by atoms with E-state index in [9.17, 15) is 0 Å². The zero-order chi connectivity index (χ0) is 20.3. The molecule has 9 heteroatoms. The number of rotatable bonds is 6. The topological polar surface area (TPSA) is 0 Å². The van der Waals surface area contributed by atoms with Crippen molar-refractivity contribution in [1.82, 2.24) is 0 Å². The zero-order valence-electron chi connectivity index (χ0n) is 19.7. The van der Waals surface area contributed by atoms with Gasteiger partial charge in [0.25, 0.3) is 0 Å². The van der Waals surface area contributed by atoms with Crippen LogP contribution in [0.15, 0.2) is 0 Å². The average Bonchev–Trinajstić information content (AvgIpc) is 2.44. The van der Waals surface area contributed by atoms with Crippen molar-refractivity contribution in [3.8, 4) is 0 Å². The van der Waals surface area contributed by atoms with Crippen molar-refractivity contribution >= 4 is 73.3 Å². The molecule has 0 unspecified atom stereocenters. The molecule has 1 heterocycles. The summed E-state index contributed by atoms with van der Waals surface area (Å²) in [7, 11) is -5.77. The highest BCUT2D eigenvalue weighted by atomic mass is 32.2. The summed E-state index contributed by atoms with van der Waals surface area (Å²) in [5.74, 6) is 0. The lowest BCUT2D eigenvalue weighted by atomic mass is 11.8. The van der Waals surface area contributed by atoms with Crippen LogP contribution in [-0.2, 0) is 0 Å². The molecule has 1 aliphatic heterocycles. The molecule has 1 aliphatic rings. The Morgan fingerprint density at radius 1 is 0.520 bits per heavy atom. The van der Waals surface area contributed by atoms with Gasteiger partial charge in [-0.3, -0.25) is 0 Å². The van der Waals surface area contributed by atoms with Gasteiger partial charge in [-0.2, -0.15) is 23.5 Å². The van der Waals surface area contributed by atoms with Gasteiger partial charge in [-0.25, -0.2) is 0 Å². The molecule has 0 spiro atoms. The monoisotopic (exact) mass is 498 g/mol. The van der Waals surface area contributed by atoms with E-state index in [2.05, 4.69) is 115 Å². The maximum Gasteiger partial charge on any atom is 0.0435 e. The second-order valence-electron chi connectivity index (χ2n) is 12.1. The molecule has 0 bridgehead atoms. The molecule has 0 aromatic rings. The first kappa shape index (κ1) is 25.3. The summed E-state index contributed by atoms with van der Waals surface area (Å²) in [6.07, 6.45) is 4.89. The molecule has 0 radical (unpaired) electrons. The highest BCUT2D eigenvalue weighted by Crippen LogP contribution is 2.58. The third-order valence-corrected chi connectivity index (χ3v) is 209. The molecule has 150 valence electrons. The number of hydrogen-bond acceptors (Lipinski definition) is 2. The summed E-state index contributed by atoms with van der Waals surface area (Å²) in [5.41, 5.74) is 0. The minimum Gasteiger partial charge on any atom is -0.169 e. The molecule has 0 aromatic carbocycles. The molecule has 0 saturated carbocycles. The van der Waals surface area contributed by atoms with E-state index in [0.29, 0.717) is 0 Å². The van der Waals surface area contributed by atoms with Crippen molar-refractivity contribution in [3.63, 3.8) is 0 Å².